The molecule has 0 aliphatic heterocycles. The van der Waals surface area contributed by atoms with E-state index < -0.39 is 0 Å². The Morgan fingerprint density at radius 2 is 1.78 bits per heavy atom. The third kappa shape index (κ3) is 8.64. The van der Waals surface area contributed by atoms with E-state index in [4.69, 9.17) is 40.7 Å². The van der Waals surface area contributed by atoms with Crippen molar-refractivity contribution in [1.29, 1.82) is 5.26 Å². The Bertz CT molecular complexity index is 1880. The van der Waals surface area contributed by atoms with Gasteiger partial charge in [-0.3, -0.25) is 4.79 Å². The van der Waals surface area contributed by atoms with Gasteiger partial charge in [-0.2, -0.15) is 5.26 Å². The summed E-state index contributed by atoms with van der Waals surface area (Å²) < 4.78 is 0. The van der Waals surface area contributed by atoms with Crippen molar-refractivity contribution in [2.45, 2.75) is 39.3 Å². The number of hydrogen-bond acceptors (Lipinski definition) is 4. The Morgan fingerprint density at radius 1 is 1.02 bits per heavy atom. The normalized spacial score (nSPS) is 11.7. The average molecular weight is 670 g/mol. The van der Waals surface area contributed by atoms with Gasteiger partial charge < -0.3 is 20.5 Å². The Labute approximate surface area is 284 Å². The van der Waals surface area contributed by atoms with E-state index in [-0.39, 0.29) is 24.3 Å². The SMILES string of the molecule is CC(C)[C@@H](CN(Cc1cccc(Cl)c1Cl)C(=S)Nc1ccc2ccccc2c1)NC(=O)Cc1cnc(Cc2ccc(C#N)cc2)[nH]1. The number of carbonyl (C=O) groups excluding carboxylic acids is 1. The fourth-order valence-electron chi connectivity index (χ4n) is 5.13. The molecule has 1 atom stereocenters. The van der Waals surface area contributed by atoms with E-state index in [1.807, 2.05) is 47.4 Å². The second-order valence-corrected chi connectivity index (χ2v) is 12.7. The number of benzene rings is 4. The van der Waals surface area contributed by atoms with Gasteiger partial charge in [-0.25, -0.2) is 4.98 Å². The minimum absolute atomic E-state index is 0.110. The smallest absolute Gasteiger partial charge is 0.226 e. The van der Waals surface area contributed by atoms with Crippen LogP contribution in [0.25, 0.3) is 10.8 Å². The number of imidazole rings is 1. The first-order valence-corrected chi connectivity index (χ1v) is 16.1. The van der Waals surface area contributed by atoms with Crippen LogP contribution in [0.1, 0.15) is 42.1 Å². The van der Waals surface area contributed by atoms with Crippen LogP contribution in [0.2, 0.25) is 10.0 Å². The molecule has 0 unspecified atom stereocenters. The summed E-state index contributed by atoms with van der Waals surface area (Å²) in [4.78, 5) is 23.0. The number of amides is 1. The molecule has 4 aromatic carbocycles. The van der Waals surface area contributed by atoms with Crippen molar-refractivity contribution < 1.29 is 4.79 Å². The lowest BCUT2D eigenvalue weighted by Gasteiger charge is -2.32. The number of nitrogens with zero attached hydrogens (tertiary/aromatic N) is 3. The van der Waals surface area contributed by atoms with Crippen LogP contribution in [-0.2, 0) is 24.2 Å². The van der Waals surface area contributed by atoms with Crippen molar-refractivity contribution in [3.63, 3.8) is 0 Å². The lowest BCUT2D eigenvalue weighted by molar-refractivity contribution is -0.121. The molecule has 5 rings (SSSR count). The highest BCUT2D eigenvalue weighted by Gasteiger charge is 2.23. The van der Waals surface area contributed by atoms with Gasteiger partial charge in [0, 0.05) is 43.1 Å². The summed E-state index contributed by atoms with van der Waals surface area (Å²) in [7, 11) is 0. The van der Waals surface area contributed by atoms with Crippen molar-refractivity contribution in [2.24, 2.45) is 5.92 Å². The highest BCUT2D eigenvalue weighted by Crippen LogP contribution is 2.27. The summed E-state index contributed by atoms with van der Waals surface area (Å²) in [5, 5.41) is 19.3. The predicted molar refractivity (Wildman–Crippen MR) is 190 cm³/mol. The minimum Gasteiger partial charge on any atom is -0.351 e. The van der Waals surface area contributed by atoms with Gasteiger partial charge in [0.05, 0.1) is 28.1 Å². The monoisotopic (exact) mass is 668 g/mol. The zero-order chi connectivity index (χ0) is 32.6. The third-order valence-electron chi connectivity index (χ3n) is 7.74. The molecule has 7 nitrogen and oxygen atoms in total. The second kappa shape index (κ2) is 15.2. The lowest BCUT2D eigenvalue weighted by Crippen LogP contribution is -2.49. The van der Waals surface area contributed by atoms with Crippen molar-refractivity contribution in [1.82, 2.24) is 20.2 Å². The second-order valence-electron chi connectivity index (χ2n) is 11.5. The Hall–Kier alpha value is -4.42. The van der Waals surface area contributed by atoms with Gasteiger partial charge >= 0.3 is 0 Å². The largest absolute Gasteiger partial charge is 0.351 e. The van der Waals surface area contributed by atoms with E-state index in [9.17, 15) is 4.79 Å². The minimum atomic E-state index is -0.220. The maximum atomic E-state index is 13.3. The van der Waals surface area contributed by atoms with Crippen LogP contribution in [0.4, 0.5) is 5.69 Å². The van der Waals surface area contributed by atoms with Gasteiger partial charge in [0.1, 0.15) is 5.82 Å². The molecule has 0 aliphatic carbocycles. The fourth-order valence-corrected chi connectivity index (χ4v) is 5.77. The van der Waals surface area contributed by atoms with Crippen LogP contribution in [-0.4, -0.2) is 38.5 Å². The number of anilines is 1. The molecule has 1 amide bonds. The third-order valence-corrected chi connectivity index (χ3v) is 8.95. The summed E-state index contributed by atoms with van der Waals surface area (Å²) in [5.74, 6) is 0.738. The van der Waals surface area contributed by atoms with Gasteiger partial charge in [-0.1, -0.05) is 91.6 Å². The van der Waals surface area contributed by atoms with E-state index in [1.165, 1.54) is 0 Å². The molecule has 234 valence electrons. The number of nitrogens with one attached hydrogen (secondary N) is 3. The molecular weight excluding hydrogens is 635 g/mol. The first-order chi connectivity index (χ1) is 22.2. The van der Waals surface area contributed by atoms with E-state index in [1.54, 1.807) is 24.4 Å². The average Bonchev–Trinajstić information content (AvgIpc) is 3.48. The molecule has 5 aromatic rings. The van der Waals surface area contributed by atoms with Crippen LogP contribution in [0.15, 0.2) is 91.1 Å². The van der Waals surface area contributed by atoms with Crippen LogP contribution >= 0.6 is 35.4 Å². The number of carbonyl (C=O) groups is 1. The Morgan fingerprint density at radius 3 is 2.52 bits per heavy atom. The molecule has 0 saturated heterocycles. The van der Waals surface area contributed by atoms with Crippen molar-refractivity contribution in [3.8, 4) is 6.07 Å². The Kier molecular flexibility index (Phi) is 10.9. The summed E-state index contributed by atoms with van der Waals surface area (Å²) >= 11 is 18.9. The molecule has 0 fully saturated rings. The molecule has 0 spiro atoms. The lowest BCUT2D eigenvalue weighted by atomic mass is 10.0. The zero-order valence-corrected chi connectivity index (χ0v) is 27.9. The fraction of sp³-hybridized carbons (Fsp3) is 0.222. The number of rotatable bonds is 11. The topological polar surface area (TPSA) is 96.8 Å². The molecule has 0 bridgehead atoms. The number of aromatic nitrogens is 2. The number of aromatic amines is 1. The van der Waals surface area contributed by atoms with Gasteiger partial charge in [-0.05, 0) is 70.4 Å². The maximum Gasteiger partial charge on any atom is 0.226 e. The number of hydrogen-bond donors (Lipinski definition) is 3. The molecule has 3 N–H and O–H groups in total. The molecule has 46 heavy (non-hydrogen) atoms. The van der Waals surface area contributed by atoms with Gasteiger partial charge in [0.15, 0.2) is 5.11 Å². The van der Waals surface area contributed by atoms with Crippen LogP contribution in [0.3, 0.4) is 0 Å². The van der Waals surface area contributed by atoms with E-state index in [0.717, 1.165) is 39.1 Å². The van der Waals surface area contributed by atoms with Gasteiger partial charge in [0.25, 0.3) is 0 Å². The molecular formula is C36H34Cl2N6OS. The molecule has 0 saturated carbocycles. The Balaban J connectivity index is 1.28. The number of H-pyrrole nitrogens is 1. The number of halogens is 2. The van der Waals surface area contributed by atoms with Gasteiger partial charge in [0.2, 0.25) is 5.91 Å². The number of thiocarbonyl (C=S) groups is 1. The first-order valence-electron chi connectivity index (χ1n) is 15.0. The van der Waals surface area contributed by atoms with E-state index >= 15 is 0 Å². The summed E-state index contributed by atoms with van der Waals surface area (Å²) in [6, 6.07) is 29.1. The molecule has 1 heterocycles. The highest BCUT2D eigenvalue weighted by atomic mass is 35.5. The van der Waals surface area contributed by atoms with Crippen LogP contribution in [0.5, 0.6) is 0 Å². The summed E-state index contributed by atoms with van der Waals surface area (Å²) in [5.41, 5.74) is 4.06. The molecule has 0 radical (unpaired) electrons. The maximum absolute atomic E-state index is 13.3. The molecule has 1 aromatic heterocycles. The van der Waals surface area contributed by atoms with Crippen LogP contribution < -0.4 is 10.6 Å². The number of nitriles is 1. The molecule has 10 heteroatoms. The van der Waals surface area contributed by atoms with E-state index in [0.29, 0.717) is 40.2 Å². The standard InChI is InChI=1S/C36H34Cl2N6OS/c1-23(2)32(43-34(45)18-30-20-40-33(41-30)16-24-10-12-25(19-39)13-11-24)22-44(21-28-8-5-9-31(37)35(28)38)36(46)42-29-15-14-26-6-3-4-7-27(26)17-29/h3-15,17,20,23,32H,16,18,21-22H2,1-2H3,(H,40,41)(H,42,46)(H,43,45)/t32-/m1/s1. The highest BCUT2D eigenvalue weighted by molar-refractivity contribution is 7.80. The molecule has 0 aliphatic rings. The summed E-state index contributed by atoms with van der Waals surface area (Å²) in [6.45, 7) is 4.98. The van der Waals surface area contributed by atoms with Crippen LogP contribution in [0, 0.1) is 17.2 Å². The van der Waals surface area contributed by atoms with E-state index in [2.05, 4.69) is 64.8 Å². The van der Waals surface area contributed by atoms with Gasteiger partial charge in [-0.15, -0.1) is 0 Å². The first kappa shape index (κ1) is 33.0. The quantitative estimate of drug-likeness (QED) is 0.124. The van der Waals surface area contributed by atoms with Crippen molar-refractivity contribution in [2.75, 3.05) is 11.9 Å². The van der Waals surface area contributed by atoms with Crippen molar-refractivity contribution >= 4 is 62.9 Å². The zero-order valence-electron chi connectivity index (χ0n) is 25.6. The van der Waals surface area contributed by atoms with Crippen molar-refractivity contribution in [3.05, 3.63) is 129 Å². The summed E-state index contributed by atoms with van der Waals surface area (Å²) in [6.07, 6.45) is 2.42. The predicted octanol–water partition coefficient (Wildman–Crippen LogP) is 7.91. The number of fused-ring (bicyclic) bond motifs is 1.